The average molecular weight is 308 g/mol. The van der Waals surface area contributed by atoms with Crippen LogP contribution in [0, 0.1) is 17.4 Å². The van der Waals surface area contributed by atoms with Crippen LogP contribution < -0.4 is 0 Å². The Morgan fingerprint density at radius 3 is 2.20 bits per heavy atom. The van der Waals surface area contributed by atoms with Gasteiger partial charge in [-0.2, -0.15) is 0 Å². The van der Waals surface area contributed by atoms with Gasteiger partial charge in [-0.05, 0) is 64.8 Å². The van der Waals surface area contributed by atoms with Crippen LogP contribution in [-0.4, -0.2) is 0 Å². The Morgan fingerprint density at radius 1 is 0.800 bits per heavy atom. The maximum absolute atomic E-state index is 2.39. The van der Waals surface area contributed by atoms with Crippen LogP contribution in [0.4, 0.5) is 0 Å². The summed E-state index contributed by atoms with van der Waals surface area (Å²) in [5.41, 5.74) is 5.41. The van der Waals surface area contributed by atoms with Crippen LogP contribution in [0.15, 0.2) is 42.5 Å². The average Bonchev–Trinajstić information content (AvgIpc) is 2.23. The molecule has 1 heteroatoms. The number of hydrogen-bond acceptors (Lipinski definition) is 0. The molecule has 0 unspecified atom stereocenters. The second kappa shape index (κ2) is 4.35. The van der Waals surface area contributed by atoms with Gasteiger partial charge in [0.2, 0.25) is 0 Å². The van der Waals surface area contributed by atoms with E-state index in [0.29, 0.717) is 0 Å². The van der Waals surface area contributed by atoms with E-state index in [4.69, 9.17) is 0 Å². The highest BCUT2D eigenvalue weighted by Gasteiger charge is 2.05. The minimum absolute atomic E-state index is 1.31. The molecular weight excluding hydrogens is 295 g/mol. The minimum atomic E-state index is 1.31. The molecule has 15 heavy (non-hydrogen) atoms. The van der Waals surface area contributed by atoms with Crippen LogP contribution in [0.5, 0.6) is 0 Å². The molecule has 0 fully saturated rings. The van der Waals surface area contributed by atoms with Crippen molar-refractivity contribution in [3.05, 3.63) is 57.2 Å². The van der Waals surface area contributed by atoms with E-state index in [2.05, 4.69) is 78.9 Å². The van der Waals surface area contributed by atoms with Crippen molar-refractivity contribution >= 4 is 22.6 Å². The lowest BCUT2D eigenvalue weighted by Crippen LogP contribution is -1.88. The van der Waals surface area contributed by atoms with E-state index in [1.165, 1.54) is 25.8 Å². The predicted molar refractivity (Wildman–Crippen MR) is 74.1 cm³/mol. The number of hydrogen-bond donors (Lipinski definition) is 0. The normalized spacial score (nSPS) is 10.3. The lowest BCUT2D eigenvalue weighted by atomic mass is 9.97. The second-order valence-electron chi connectivity index (χ2n) is 3.73. The predicted octanol–water partition coefficient (Wildman–Crippen LogP) is 4.58. The lowest BCUT2D eigenvalue weighted by molar-refractivity contribution is 1.34. The Morgan fingerprint density at radius 2 is 1.47 bits per heavy atom. The smallest absolute Gasteiger partial charge is 0.0208 e. The van der Waals surface area contributed by atoms with Crippen LogP contribution in [0.2, 0.25) is 0 Å². The molecule has 76 valence electrons. The van der Waals surface area contributed by atoms with E-state index >= 15 is 0 Å². The lowest BCUT2D eigenvalue weighted by Gasteiger charge is -2.10. The summed E-state index contributed by atoms with van der Waals surface area (Å²) in [6, 6.07) is 15.0. The molecule has 2 aromatic rings. The standard InChI is InChI=1S/C14H13I/c1-10-6-5-8-12(11(10)2)13-7-3-4-9-14(13)15/h3-9H,1-2H3. The first-order valence-corrected chi connectivity index (χ1v) is 6.09. The monoisotopic (exact) mass is 308 g/mol. The van der Waals surface area contributed by atoms with Crippen molar-refractivity contribution in [3.8, 4) is 11.1 Å². The fourth-order valence-electron chi connectivity index (χ4n) is 1.72. The Labute approximate surface area is 104 Å². The molecule has 0 aliphatic heterocycles. The summed E-state index contributed by atoms with van der Waals surface area (Å²) in [4.78, 5) is 0. The SMILES string of the molecule is Cc1cccc(-c2ccccc2I)c1C. The van der Waals surface area contributed by atoms with Gasteiger partial charge < -0.3 is 0 Å². The molecule has 0 saturated carbocycles. The zero-order valence-corrected chi connectivity index (χ0v) is 11.1. The van der Waals surface area contributed by atoms with Gasteiger partial charge >= 0.3 is 0 Å². The van der Waals surface area contributed by atoms with Crippen LogP contribution >= 0.6 is 22.6 Å². The first-order valence-electron chi connectivity index (χ1n) is 5.01. The number of rotatable bonds is 1. The van der Waals surface area contributed by atoms with Crippen LogP contribution in [-0.2, 0) is 0 Å². The molecule has 0 radical (unpaired) electrons. The molecule has 0 nitrogen and oxygen atoms in total. The van der Waals surface area contributed by atoms with Crippen molar-refractivity contribution in [2.24, 2.45) is 0 Å². The maximum atomic E-state index is 2.39. The van der Waals surface area contributed by atoms with E-state index in [9.17, 15) is 0 Å². The largest absolute Gasteiger partial charge is 0.0616 e. The molecule has 2 aromatic carbocycles. The van der Waals surface area contributed by atoms with Crippen molar-refractivity contribution in [3.63, 3.8) is 0 Å². The highest BCUT2D eigenvalue weighted by Crippen LogP contribution is 2.29. The summed E-state index contributed by atoms with van der Waals surface area (Å²) < 4.78 is 1.31. The molecule has 0 N–H and O–H groups in total. The van der Waals surface area contributed by atoms with Gasteiger partial charge in [0.15, 0.2) is 0 Å². The molecule has 0 amide bonds. The van der Waals surface area contributed by atoms with Gasteiger partial charge in [0.25, 0.3) is 0 Å². The molecule has 0 atom stereocenters. The van der Waals surface area contributed by atoms with Crippen LogP contribution in [0.1, 0.15) is 11.1 Å². The zero-order chi connectivity index (χ0) is 10.8. The van der Waals surface area contributed by atoms with Gasteiger partial charge in [0.05, 0.1) is 0 Å². The Balaban J connectivity index is 2.65. The first kappa shape index (κ1) is 10.7. The highest BCUT2D eigenvalue weighted by molar-refractivity contribution is 14.1. The highest BCUT2D eigenvalue weighted by atomic mass is 127. The maximum Gasteiger partial charge on any atom is 0.0208 e. The van der Waals surface area contributed by atoms with E-state index in [1.807, 2.05) is 0 Å². The summed E-state index contributed by atoms with van der Waals surface area (Å²) in [6.45, 7) is 4.35. The molecule has 2 rings (SSSR count). The van der Waals surface area contributed by atoms with Crippen LogP contribution in [0.25, 0.3) is 11.1 Å². The fourth-order valence-corrected chi connectivity index (χ4v) is 2.40. The quantitative estimate of drug-likeness (QED) is 0.677. The fraction of sp³-hybridized carbons (Fsp3) is 0.143. The van der Waals surface area contributed by atoms with Crippen LogP contribution in [0.3, 0.4) is 0 Å². The van der Waals surface area contributed by atoms with Crippen molar-refractivity contribution in [1.29, 1.82) is 0 Å². The third-order valence-corrected chi connectivity index (χ3v) is 3.71. The van der Waals surface area contributed by atoms with Crippen molar-refractivity contribution in [2.75, 3.05) is 0 Å². The van der Waals surface area contributed by atoms with Gasteiger partial charge in [-0.3, -0.25) is 0 Å². The molecule has 0 bridgehead atoms. The van der Waals surface area contributed by atoms with Gasteiger partial charge in [0.1, 0.15) is 0 Å². The number of halogens is 1. The molecule has 0 heterocycles. The van der Waals surface area contributed by atoms with Gasteiger partial charge in [-0.15, -0.1) is 0 Å². The summed E-state index contributed by atoms with van der Waals surface area (Å²) in [5.74, 6) is 0. The van der Waals surface area contributed by atoms with E-state index in [0.717, 1.165) is 0 Å². The Bertz CT molecular complexity index is 486. The molecular formula is C14H13I. The second-order valence-corrected chi connectivity index (χ2v) is 4.89. The first-order chi connectivity index (χ1) is 7.20. The van der Waals surface area contributed by atoms with Gasteiger partial charge in [-0.25, -0.2) is 0 Å². The van der Waals surface area contributed by atoms with E-state index in [1.54, 1.807) is 0 Å². The van der Waals surface area contributed by atoms with Gasteiger partial charge in [0, 0.05) is 3.57 Å². The number of benzene rings is 2. The molecule has 0 spiro atoms. The third kappa shape index (κ3) is 2.07. The molecule has 0 aliphatic carbocycles. The zero-order valence-electron chi connectivity index (χ0n) is 8.92. The minimum Gasteiger partial charge on any atom is -0.0616 e. The third-order valence-electron chi connectivity index (χ3n) is 2.77. The summed E-state index contributed by atoms with van der Waals surface area (Å²) in [6.07, 6.45) is 0. The number of aryl methyl sites for hydroxylation is 1. The van der Waals surface area contributed by atoms with Gasteiger partial charge in [-0.1, -0.05) is 36.4 Å². The molecule has 0 aromatic heterocycles. The Hall–Kier alpha value is -0.830. The van der Waals surface area contributed by atoms with Crippen molar-refractivity contribution < 1.29 is 0 Å². The topological polar surface area (TPSA) is 0 Å². The molecule has 0 aliphatic rings. The van der Waals surface area contributed by atoms with E-state index in [-0.39, 0.29) is 0 Å². The summed E-state index contributed by atoms with van der Waals surface area (Å²) in [7, 11) is 0. The van der Waals surface area contributed by atoms with Crippen molar-refractivity contribution in [1.82, 2.24) is 0 Å². The Kier molecular flexibility index (Phi) is 3.10. The summed E-state index contributed by atoms with van der Waals surface area (Å²) in [5, 5.41) is 0. The van der Waals surface area contributed by atoms with E-state index < -0.39 is 0 Å². The molecule has 0 saturated heterocycles. The van der Waals surface area contributed by atoms with Crippen molar-refractivity contribution in [2.45, 2.75) is 13.8 Å². The summed E-state index contributed by atoms with van der Waals surface area (Å²) >= 11 is 2.39.